The molecule has 1 aliphatic rings. The van der Waals surface area contributed by atoms with E-state index >= 15 is 0 Å². The monoisotopic (exact) mass is 481 g/mol. The maximum Gasteiger partial charge on any atom is 0.257 e. The average molecular weight is 482 g/mol. The second-order valence-electron chi connectivity index (χ2n) is 9.06. The number of primary amides is 1. The number of hydrogen-bond donors (Lipinski definition) is 1. The van der Waals surface area contributed by atoms with Crippen LogP contribution in [0.2, 0.25) is 0 Å². The zero-order valence-corrected chi connectivity index (χ0v) is 20.1. The molecule has 0 unspecified atom stereocenters. The van der Waals surface area contributed by atoms with Gasteiger partial charge in [0.2, 0.25) is 5.91 Å². The molecule has 1 aliphatic heterocycles. The van der Waals surface area contributed by atoms with Crippen LogP contribution in [0.5, 0.6) is 0 Å². The lowest BCUT2D eigenvalue weighted by Gasteiger charge is -2.34. The molecule has 1 saturated heterocycles. The first-order valence-corrected chi connectivity index (χ1v) is 11.9. The normalized spacial score (nSPS) is 14.2. The van der Waals surface area contributed by atoms with Crippen LogP contribution in [0.25, 0.3) is 22.3 Å². The molecule has 0 saturated carbocycles. The molecule has 1 fully saturated rings. The third kappa shape index (κ3) is 4.53. The fraction of sp³-hybridized carbons (Fsp3) is 0.207. The van der Waals surface area contributed by atoms with Gasteiger partial charge < -0.3 is 15.1 Å². The molecule has 0 bridgehead atoms. The summed E-state index contributed by atoms with van der Waals surface area (Å²) in [6, 6.07) is 21.9. The number of para-hydroxylation sites is 1. The fourth-order valence-electron chi connectivity index (χ4n) is 4.65. The third-order valence-corrected chi connectivity index (χ3v) is 6.72. The van der Waals surface area contributed by atoms with Gasteiger partial charge in [0, 0.05) is 49.4 Å². The van der Waals surface area contributed by atoms with Crippen molar-refractivity contribution in [3.05, 3.63) is 105 Å². The number of carbonyl (C=O) groups excluding carboxylic acids is 2. The van der Waals surface area contributed by atoms with Crippen LogP contribution in [-0.4, -0.2) is 47.8 Å². The summed E-state index contributed by atoms with van der Waals surface area (Å²) in [6.45, 7) is 5.04. The van der Waals surface area contributed by atoms with Gasteiger partial charge in [0.25, 0.3) is 5.91 Å². The van der Waals surface area contributed by atoms with Gasteiger partial charge in [0.05, 0.1) is 10.9 Å². The largest absolute Gasteiger partial charge is 0.455 e. The van der Waals surface area contributed by atoms with Crippen LogP contribution >= 0.6 is 0 Å². The highest BCUT2D eigenvalue weighted by atomic mass is 16.3. The van der Waals surface area contributed by atoms with Gasteiger partial charge in [-0.05, 0) is 36.8 Å². The first-order valence-electron chi connectivity index (χ1n) is 11.9. The van der Waals surface area contributed by atoms with E-state index in [1.165, 1.54) is 0 Å². The Morgan fingerprint density at radius 3 is 2.25 bits per heavy atom. The van der Waals surface area contributed by atoms with E-state index in [0.29, 0.717) is 59.6 Å². The molecule has 0 spiro atoms. The molecule has 36 heavy (non-hydrogen) atoms. The summed E-state index contributed by atoms with van der Waals surface area (Å²) in [6.07, 6.45) is 0. The zero-order chi connectivity index (χ0) is 25.2. The molecule has 0 atom stereocenters. The van der Waals surface area contributed by atoms with Gasteiger partial charge in [0.1, 0.15) is 5.76 Å². The summed E-state index contributed by atoms with van der Waals surface area (Å²) < 4.78 is 6.24. The SMILES string of the molecule is Cc1c(-c2ccccc2)oc2c(C(=O)N3CCN(Cc4ccc(C(N)=O)cc4)CC3)cccc2c1=O. The van der Waals surface area contributed by atoms with Crippen LogP contribution in [0.3, 0.4) is 0 Å². The number of amides is 2. The van der Waals surface area contributed by atoms with E-state index in [0.717, 1.165) is 17.7 Å². The van der Waals surface area contributed by atoms with E-state index in [-0.39, 0.29) is 11.3 Å². The molecule has 2 heterocycles. The lowest BCUT2D eigenvalue weighted by atomic mass is 10.0. The van der Waals surface area contributed by atoms with Crippen LogP contribution in [0.4, 0.5) is 0 Å². The Hall–Kier alpha value is -4.23. The van der Waals surface area contributed by atoms with Crippen molar-refractivity contribution >= 4 is 22.8 Å². The highest BCUT2D eigenvalue weighted by Crippen LogP contribution is 2.28. The smallest absolute Gasteiger partial charge is 0.257 e. The van der Waals surface area contributed by atoms with Gasteiger partial charge in [-0.2, -0.15) is 0 Å². The molecular weight excluding hydrogens is 454 g/mol. The van der Waals surface area contributed by atoms with Crippen molar-refractivity contribution in [2.45, 2.75) is 13.5 Å². The van der Waals surface area contributed by atoms with Crippen molar-refractivity contribution in [2.24, 2.45) is 5.73 Å². The van der Waals surface area contributed by atoms with E-state index in [4.69, 9.17) is 10.2 Å². The Kier molecular flexibility index (Phi) is 6.40. The number of rotatable bonds is 5. The van der Waals surface area contributed by atoms with Crippen molar-refractivity contribution in [3.8, 4) is 11.3 Å². The summed E-state index contributed by atoms with van der Waals surface area (Å²) in [5.41, 5.74) is 8.81. The van der Waals surface area contributed by atoms with Gasteiger partial charge >= 0.3 is 0 Å². The molecule has 7 heteroatoms. The number of nitrogens with zero attached hydrogens (tertiary/aromatic N) is 2. The molecule has 182 valence electrons. The Morgan fingerprint density at radius 1 is 0.889 bits per heavy atom. The highest BCUT2D eigenvalue weighted by molar-refractivity contribution is 6.05. The second-order valence-corrected chi connectivity index (χ2v) is 9.06. The van der Waals surface area contributed by atoms with Gasteiger partial charge in [0.15, 0.2) is 11.0 Å². The number of nitrogens with two attached hydrogens (primary N) is 1. The summed E-state index contributed by atoms with van der Waals surface area (Å²) >= 11 is 0. The van der Waals surface area contributed by atoms with E-state index < -0.39 is 5.91 Å². The molecule has 4 aromatic rings. The zero-order valence-electron chi connectivity index (χ0n) is 20.1. The standard InChI is InChI=1S/C29H27N3O4/c1-19-25(33)23-8-5-9-24(27(23)36-26(19)21-6-3-2-4-7-21)29(35)32-16-14-31(15-17-32)18-20-10-12-22(13-11-20)28(30)34/h2-13H,14-18H2,1H3,(H2,30,34). The number of hydrogen-bond acceptors (Lipinski definition) is 5. The maximum atomic E-state index is 13.5. The molecule has 0 radical (unpaired) electrons. The van der Waals surface area contributed by atoms with Crippen LogP contribution in [-0.2, 0) is 6.54 Å². The predicted octanol–water partition coefficient (Wildman–Crippen LogP) is 3.83. The number of fused-ring (bicyclic) bond motifs is 1. The molecule has 2 N–H and O–H groups in total. The topological polar surface area (TPSA) is 96.8 Å². The van der Waals surface area contributed by atoms with E-state index in [1.54, 1.807) is 37.3 Å². The number of carbonyl (C=O) groups is 2. The van der Waals surface area contributed by atoms with E-state index in [1.807, 2.05) is 47.4 Å². The van der Waals surface area contributed by atoms with Crippen molar-refractivity contribution in [2.75, 3.05) is 26.2 Å². The third-order valence-electron chi connectivity index (χ3n) is 6.72. The van der Waals surface area contributed by atoms with Crippen LogP contribution in [0, 0.1) is 6.92 Å². The molecule has 7 nitrogen and oxygen atoms in total. The molecule has 2 amide bonds. The van der Waals surface area contributed by atoms with E-state index in [9.17, 15) is 14.4 Å². The molecular formula is C29H27N3O4. The van der Waals surface area contributed by atoms with Crippen molar-refractivity contribution in [1.29, 1.82) is 0 Å². The lowest BCUT2D eigenvalue weighted by molar-refractivity contribution is 0.0629. The lowest BCUT2D eigenvalue weighted by Crippen LogP contribution is -2.48. The fourth-order valence-corrected chi connectivity index (χ4v) is 4.65. The average Bonchev–Trinajstić information content (AvgIpc) is 2.91. The van der Waals surface area contributed by atoms with Crippen molar-refractivity contribution in [3.63, 3.8) is 0 Å². The van der Waals surface area contributed by atoms with Gasteiger partial charge in [-0.25, -0.2) is 0 Å². The first kappa shape index (κ1) is 23.5. The Balaban J connectivity index is 1.36. The minimum Gasteiger partial charge on any atom is -0.455 e. The van der Waals surface area contributed by atoms with Crippen molar-refractivity contribution in [1.82, 2.24) is 9.80 Å². The molecule has 3 aromatic carbocycles. The van der Waals surface area contributed by atoms with Crippen LogP contribution < -0.4 is 11.2 Å². The van der Waals surface area contributed by atoms with Gasteiger partial charge in [-0.1, -0.05) is 48.5 Å². The van der Waals surface area contributed by atoms with Gasteiger partial charge in [-0.15, -0.1) is 0 Å². The van der Waals surface area contributed by atoms with Crippen LogP contribution in [0.15, 0.2) is 82.0 Å². The Labute approximate surface area is 208 Å². The summed E-state index contributed by atoms with van der Waals surface area (Å²) in [4.78, 5) is 42.0. The first-order chi connectivity index (χ1) is 17.4. The second kappa shape index (κ2) is 9.79. The van der Waals surface area contributed by atoms with Crippen LogP contribution in [0.1, 0.15) is 31.8 Å². The number of benzene rings is 3. The summed E-state index contributed by atoms with van der Waals surface area (Å²) in [5, 5.41) is 0.413. The Morgan fingerprint density at radius 2 is 1.58 bits per heavy atom. The molecule has 5 rings (SSSR count). The maximum absolute atomic E-state index is 13.5. The van der Waals surface area contributed by atoms with Crippen molar-refractivity contribution < 1.29 is 14.0 Å². The summed E-state index contributed by atoms with van der Waals surface area (Å²) in [7, 11) is 0. The molecule has 1 aromatic heterocycles. The molecule has 0 aliphatic carbocycles. The number of piperazine rings is 1. The minimum absolute atomic E-state index is 0.128. The predicted molar refractivity (Wildman–Crippen MR) is 139 cm³/mol. The quantitative estimate of drug-likeness (QED) is 0.467. The minimum atomic E-state index is -0.441. The van der Waals surface area contributed by atoms with E-state index in [2.05, 4.69) is 4.90 Å². The summed E-state index contributed by atoms with van der Waals surface area (Å²) in [5.74, 6) is -0.0957. The van der Waals surface area contributed by atoms with Gasteiger partial charge in [-0.3, -0.25) is 19.3 Å². The Bertz CT molecular complexity index is 1490. The highest BCUT2D eigenvalue weighted by Gasteiger charge is 2.25.